The number of imide groups is 1. The molecule has 1 saturated carbocycles. The number of methoxy groups -OCH3 is 1. The first-order valence-electron chi connectivity index (χ1n) is 17.2. The standard InChI is InChI=1S/C40H31Cl2N5O7/c1-53-28-11-7-24(8-12-28)40-30(36(49)46(37(40)50)43-32-13-9-25(41)19-31(32)42)20-33-29(35(40)23-17-22-18-27(48)10-14-34(22)54-21-23)15-16-44-38(51)45(39(52)47(33)44)26-5-3-2-4-6-26/h2-15,18-19,21,30,33,35,43,48H,16-17,20H2,1H3/t30-,33+,35-,40+/m0/s1. The number of ether oxygens (including phenoxy) is 2. The number of carbonyl (C=O) groups is 2. The molecule has 4 heterocycles. The number of phenolic OH excluding ortho intramolecular Hbond substituents is 1. The van der Waals surface area contributed by atoms with E-state index in [1.807, 2.05) is 6.08 Å². The number of rotatable bonds is 6. The summed E-state index contributed by atoms with van der Waals surface area (Å²) in [7, 11) is 1.54. The van der Waals surface area contributed by atoms with Gasteiger partial charge in [0.05, 0.1) is 53.7 Å². The zero-order valence-corrected chi connectivity index (χ0v) is 30.1. The van der Waals surface area contributed by atoms with Crippen LogP contribution in [0.2, 0.25) is 10.0 Å². The van der Waals surface area contributed by atoms with Gasteiger partial charge < -0.3 is 14.6 Å². The number of para-hydroxylation sites is 1. The number of nitrogens with one attached hydrogen (secondary N) is 1. The van der Waals surface area contributed by atoms with Crippen molar-refractivity contribution in [2.24, 2.45) is 11.8 Å². The van der Waals surface area contributed by atoms with Crippen LogP contribution in [0.4, 0.5) is 5.69 Å². The molecule has 272 valence electrons. The van der Waals surface area contributed by atoms with Crippen molar-refractivity contribution >= 4 is 40.7 Å². The fourth-order valence-corrected chi connectivity index (χ4v) is 9.17. The van der Waals surface area contributed by atoms with Crippen molar-refractivity contribution in [1.29, 1.82) is 0 Å². The number of anilines is 1. The molecule has 0 bridgehead atoms. The average molecular weight is 765 g/mol. The van der Waals surface area contributed by atoms with Crippen LogP contribution in [0, 0.1) is 11.8 Å². The van der Waals surface area contributed by atoms with Crippen LogP contribution >= 0.6 is 23.2 Å². The molecule has 9 rings (SSSR count). The van der Waals surface area contributed by atoms with Gasteiger partial charge in [-0.15, -0.1) is 0 Å². The van der Waals surface area contributed by atoms with E-state index in [1.165, 1.54) is 21.5 Å². The molecule has 4 aromatic carbocycles. The van der Waals surface area contributed by atoms with E-state index in [9.17, 15) is 19.5 Å². The van der Waals surface area contributed by atoms with Gasteiger partial charge in [-0.2, -0.15) is 5.01 Å². The lowest BCUT2D eigenvalue weighted by Gasteiger charge is -2.49. The molecule has 1 aromatic heterocycles. The first-order chi connectivity index (χ1) is 26.1. The van der Waals surface area contributed by atoms with Crippen molar-refractivity contribution in [1.82, 2.24) is 18.9 Å². The third-order valence-corrected chi connectivity index (χ3v) is 11.6. The summed E-state index contributed by atoms with van der Waals surface area (Å²) < 4.78 is 15.6. The Balaban J connectivity index is 1.28. The van der Waals surface area contributed by atoms with Crippen molar-refractivity contribution in [3.63, 3.8) is 0 Å². The number of hydrazine groups is 1. The predicted molar refractivity (Wildman–Crippen MR) is 200 cm³/mol. The molecule has 1 aliphatic carbocycles. The molecular formula is C40H31Cl2N5O7. The minimum Gasteiger partial charge on any atom is -0.508 e. The smallest absolute Gasteiger partial charge is 0.352 e. The lowest BCUT2D eigenvalue weighted by molar-refractivity contribution is -0.138. The van der Waals surface area contributed by atoms with Gasteiger partial charge in [-0.25, -0.2) is 23.5 Å². The molecule has 3 aliphatic heterocycles. The van der Waals surface area contributed by atoms with E-state index >= 15 is 4.79 Å². The number of amides is 2. The Hall–Kier alpha value is -5.98. The molecule has 2 N–H and O–H groups in total. The lowest BCUT2D eigenvalue weighted by atomic mass is 9.52. The van der Waals surface area contributed by atoms with Crippen molar-refractivity contribution in [2.75, 3.05) is 12.5 Å². The summed E-state index contributed by atoms with van der Waals surface area (Å²) in [4.78, 5) is 58.7. The summed E-state index contributed by atoms with van der Waals surface area (Å²) in [5.41, 5.74) is 3.56. The molecular weight excluding hydrogens is 733 g/mol. The highest BCUT2D eigenvalue weighted by molar-refractivity contribution is 6.36. The number of hydrogen-bond acceptors (Lipinski definition) is 8. The van der Waals surface area contributed by atoms with Gasteiger partial charge in [0.2, 0.25) is 0 Å². The minimum atomic E-state index is -1.57. The van der Waals surface area contributed by atoms with Gasteiger partial charge >= 0.3 is 11.4 Å². The van der Waals surface area contributed by atoms with E-state index in [2.05, 4.69) is 5.43 Å². The number of phenols is 1. The quantitative estimate of drug-likeness (QED) is 0.164. The molecule has 1 saturated heterocycles. The van der Waals surface area contributed by atoms with Crippen LogP contribution < -0.4 is 26.3 Å². The maximum Gasteiger partial charge on any atom is 0.352 e. The highest BCUT2D eigenvalue weighted by Gasteiger charge is 2.69. The summed E-state index contributed by atoms with van der Waals surface area (Å²) >= 11 is 12.7. The van der Waals surface area contributed by atoms with Gasteiger partial charge in [0.15, 0.2) is 0 Å². The van der Waals surface area contributed by atoms with Crippen molar-refractivity contribution in [2.45, 2.75) is 30.8 Å². The van der Waals surface area contributed by atoms with E-state index in [4.69, 9.17) is 32.7 Å². The monoisotopic (exact) mass is 763 g/mol. The molecule has 0 spiro atoms. The van der Waals surface area contributed by atoms with E-state index in [1.54, 1.807) is 92.2 Å². The third-order valence-electron chi connectivity index (χ3n) is 11.0. The first-order valence-corrected chi connectivity index (χ1v) is 18.0. The highest BCUT2D eigenvalue weighted by atomic mass is 35.5. The predicted octanol–water partition coefficient (Wildman–Crippen LogP) is 5.79. The summed E-state index contributed by atoms with van der Waals surface area (Å²) in [5, 5.41) is 12.0. The van der Waals surface area contributed by atoms with Crippen LogP contribution in [0.15, 0.2) is 124 Å². The number of nitrogens with zero attached hydrogens (tertiary/aromatic N) is 4. The van der Waals surface area contributed by atoms with E-state index in [0.717, 1.165) is 9.58 Å². The van der Waals surface area contributed by atoms with Crippen molar-refractivity contribution < 1.29 is 24.2 Å². The van der Waals surface area contributed by atoms with Gasteiger partial charge in [-0.1, -0.05) is 59.6 Å². The maximum atomic E-state index is 15.5. The number of allylic oxidation sites excluding steroid dienone is 3. The SMILES string of the molecule is COc1ccc([C@@]23C(=O)N(Nc4ccc(Cl)cc4Cl)C(=O)[C@@H]2C[C@@H]2C(=CCn4c(=O)n(-c5ccccc5)c(=O)n42)[C@@H]3C2=COc3ccc(O)cc3C2)cc1. The Labute approximate surface area is 317 Å². The van der Waals surface area contributed by atoms with Crippen molar-refractivity contribution in [3.05, 3.63) is 157 Å². The number of halogens is 2. The molecule has 2 amide bonds. The fraction of sp³-hybridized carbons (Fsp3) is 0.200. The molecule has 5 aromatic rings. The molecule has 14 heteroatoms. The Morgan fingerprint density at radius 3 is 2.44 bits per heavy atom. The van der Waals surface area contributed by atoms with Gasteiger partial charge in [-0.3, -0.25) is 15.0 Å². The second kappa shape index (κ2) is 12.6. The van der Waals surface area contributed by atoms with Crippen LogP contribution in [-0.4, -0.2) is 43.0 Å². The molecule has 12 nitrogen and oxygen atoms in total. The summed E-state index contributed by atoms with van der Waals surface area (Å²) in [5.74, 6) is -1.87. The van der Waals surface area contributed by atoms with Gasteiger partial charge in [-0.05, 0) is 83.8 Å². The van der Waals surface area contributed by atoms with Crippen LogP contribution in [0.3, 0.4) is 0 Å². The first kappa shape index (κ1) is 33.8. The zero-order valence-electron chi connectivity index (χ0n) is 28.6. The largest absolute Gasteiger partial charge is 0.508 e. The normalized spacial score (nSPS) is 22.6. The van der Waals surface area contributed by atoms with Crippen LogP contribution in [-0.2, 0) is 28.0 Å². The lowest BCUT2D eigenvalue weighted by Crippen LogP contribution is -2.55. The Bertz CT molecular complexity index is 2580. The Morgan fingerprint density at radius 2 is 1.70 bits per heavy atom. The Morgan fingerprint density at radius 1 is 0.926 bits per heavy atom. The summed E-state index contributed by atoms with van der Waals surface area (Å²) in [6.07, 6.45) is 3.75. The molecule has 54 heavy (non-hydrogen) atoms. The van der Waals surface area contributed by atoms with Gasteiger partial charge in [0.25, 0.3) is 11.8 Å². The number of hydrogen-bond donors (Lipinski definition) is 2. The minimum absolute atomic E-state index is 0.00906. The topological polar surface area (TPSA) is 137 Å². The number of benzene rings is 4. The molecule has 4 atom stereocenters. The van der Waals surface area contributed by atoms with Crippen molar-refractivity contribution in [3.8, 4) is 22.9 Å². The molecule has 0 unspecified atom stereocenters. The fourth-order valence-electron chi connectivity index (χ4n) is 8.72. The second-order valence-electron chi connectivity index (χ2n) is 13.7. The maximum absolute atomic E-state index is 15.5. The molecule has 2 fully saturated rings. The Kier molecular flexibility index (Phi) is 7.87. The second-order valence-corrected chi connectivity index (χ2v) is 14.5. The number of aromatic nitrogens is 3. The van der Waals surface area contributed by atoms with E-state index in [-0.39, 0.29) is 35.8 Å². The van der Waals surface area contributed by atoms with Gasteiger partial charge in [0, 0.05) is 22.9 Å². The van der Waals surface area contributed by atoms with E-state index < -0.39 is 46.5 Å². The summed E-state index contributed by atoms with van der Waals surface area (Å²) in [6, 6.07) is 24.4. The van der Waals surface area contributed by atoms with E-state index in [0.29, 0.717) is 44.5 Å². The summed E-state index contributed by atoms with van der Waals surface area (Å²) in [6.45, 7) is 0.0373. The average Bonchev–Trinajstić information content (AvgIpc) is 3.56. The van der Waals surface area contributed by atoms with Crippen LogP contribution in [0.5, 0.6) is 17.2 Å². The van der Waals surface area contributed by atoms with Gasteiger partial charge in [0.1, 0.15) is 17.2 Å². The molecule has 0 radical (unpaired) electrons. The zero-order chi connectivity index (χ0) is 37.5. The number of aromatic hydroxyl groups is 1. The number of fused-ring (bicyclic) bond motifs is 5. The number of carbonyl (C=O) groups excluding carboxylic acids is 2. The highest BCUT2D eigenvalue weighted by Crippen LogP contribution is 2.61. The van der Waals surface area contributed by atoms with Crippen LogP contribution in [0.1, 0.15) is 23.6 Å². The molecule has 4 aliphatic rings. The van der Waals surface area contributed by atoms with Crippen LogP contribution in [0.25, 0.3) is 5.69 Å². The third kappa shape index (κ3) is 4.90.